The minimum Gasteiger partial charge on any atom is -0.495 e. The van der Waals surface area contributed by atoms with Gasteiger partial charge in [-0.25, -0.2) is 0 Å². The number of halogens is 2. The van der Waals surface area contributed by atoms with Gasteiger partial charge in [0.2, 0.25) is 11.8 Å². The SMILES string of the molecule is COc1ccc(N(CC(=O)NCCc2ccc(Cl)cc2)C(C)=O)cc1Cl. The second-order valence-electron chi connectivity index (χ2n) is 5.65. The Kier molecular flexibility index (Phi) is 7.30. The van der Waals surface area contributed by atoms with E-state index in [0.717, 1.165) is 5.56 Å². The van der Waals surface area contributed by atoms with Crippen LogP contribution in [0.2, 0.25) is 10.0 Å². The van der Waals surface area contributed by atoms with Gasteiger partial charge in [-0.2, -0.15) is 0 Å². The van der Waals surface area contributed by atoms with Crippen LogP contribution in [0, 0.1) is 0 Å². The van der Waals surface area contributed by atoms with Gasteiger partial charge < -0.3 is 15.0 Å². The molecule has 0 radical (unpaired) electrons. The lowest BCUT2D eigenvalue weighted by molar-refractivity contribution is -0.123. The normalized spacial score (nSPS) is 10.3. The molecule has 0 bridgehead atoms. The van der Waals surface area contributed by atoms with E-state index in [2.05, 4.69) is 5.32 Å². The van der Waals surface area contributed by atoms with E-state index in [1.54, 1.807) is 18.2 Å². The maximum absolute atomic E-state index is 12.2. The molecule has 0 aliphatic rings. The smallest absolute Gasteiger partial charge is 0.240 e. The van der Waals surface area contributed by atoms with Crippen molar-refractivity contribution in [1.29, 1.82) is 0 Å². The standard InChI is InChI=1S/C19H20Cl2N2O3/c1-13(24)23(16-7-8-18(26-2)17(21)11-16)12-19(25)22-10-9-14-3-5-15(20)6-4-14/h3-8,11H,9-10,12H2,1-2H3,(H,22,25). The maximum atomic E-state index is 12.2. The average Bonchev–Trinajstić information content (AvgIpc) is 2.61. The first-order valence-corrected chi connectivity index (χ1v) is 8.79. The van der Waals surface area contributed by atoms with E-state index in [-0.39, 0.29) is 18.4 Å². The van der Waals surface area contributed by atoms with E-state index in [1.807, 2.05) is 24.3 Å². The van der Waals surface area contributed by atoms with Gasteiger partial charge >= 0.3 is 0 Å². The maximum Gasteiger partial charge on any atom is 0.240 e. The Morgan fingerprint density at radius 3 is 2.38 bits per heavy atom. The lowest BCUT2D eigenvalue weighted by atomic mass is 10.1. The fourth-order valence-electron chi connectivity index (χ4n) is 2.40. The summed E-state index contributed by atoms with van der Waals surface area (Å²) >= 11 is 12.0. The zero-order valence-electron chi connectivity index (χ0n) is 14.6. The molecule has 0 aliphatic heterocycles. The summed E-state index contributed by atoms with van der Waals surface area (Å²) in [6.45, 7) is 1.79. The number of amides is 2. The first-order valence-electron chi connectivity index (χ1n) is 8.03. The summed E-state index contributed by atoms with van der Waals surface area (Å²) in [5.41, 5.74) is 1.61. The minimum atomic E-state index is -0.251. The van der Waals surface area contributed by atoms with E-state index in [9.17, 15) is 9.59 Å². The molecule has 0 heterocycles. The fraction of sp³-hybridized carbons (Fsp3) is 0.263. The third kappa shape index (κ3) is 5.64. The quantitative estimate of drug-likeness (QED) is 0.778. The molecule has 2 amide bonds. The van der Waals surface area contributed by atoms with Crippen LogP contribution >= 0.6 is 23.2 Å². The number of nitrogens with zero attached hydrogens (tertiary/aromatic N) is 1. The van der Waals surface area contributed by atoms with Crippen LogP contribution in [0.5, 0.6) is 5.75 Å². The molecule has 0 atom stereocenters. The van der Waals surface area contributed by atoms with Gasteiger partial charge in [-0.1, -0.05) is 35.3 Å². The number of hydrogen-bond donors (Lipinski definition) is 1. The van der Waals surface area contributed by atoms with Crippen molar-refractivity contribution in [3.63, 3.8) is 0 Å². The van der Waals surface area contributed by atoms with E-state index < -0.39 is 0 Å². The van der Waals surface area contributed by atoms with Crippen LogP contribution < -0.4 is 15.0 Å². The van der Waals surface area contributed by atoms with E-state index in [1.165, 1.54) is 18.9 Å². The third-order valence-electron chi connectivity index (χ3n) is 3.78. The highest BCUT2D eigenvalue weighted by atomic mass is 35.5. The largest absolute Gasteiger partial charge is 0.495 e. The van der Waals surface area contributed by atoms with Gasteiger partial charge in [0.15, 0.2) is 0 Å². The lowest BCUT2D eigenvalue weighted by Crippen LogP contribution is -2.40. The number of carbonyl (C=O) groups is 2. The Hall–Kier alpha value is -2.24. The number of methoxy groups -OCH3 is 1. The molecule has 0 aliphatic carbocycles. The summed E-state index contributed by atoms with van der Waals surface area (Å²) in [4.78, 5) is 25.5. The number of carbonyl (C=O) groups excluding carboxylic acids is 2. The first-order chi connectivity index (χ1) is 12.4. The first kappa shape index (κ1) is 20.1. The second kappa shape index (κ2) is 9.46. The van der Waals surface area contributed by atoms with Crippen LogP contribution in [0.1, 0.15) is 12.5 Å². The molecular formula is C19H20Cl2N2O3. The van der Waals surface area contributed by atoms with Crippen LogP contribution in [-0.4, -0.2) is 32.0 Å². The van der Waals surface area contributed by atoms with Crippen LogP contribution in [0.15, 0.2) is 42.5 Å². The van der Waals surface area contributed by atoms with Crippen LogP contribution in [0.3, 0.4) is 0 Å². The van der Waals surface area contributed by atoms with Gasteiger partial charge in [0.05, 0.1) is 12.1 Å². The van der Waals surface area contributed by atoms with E-state index in [0.29, 0.717) is 34.4 Å². The van der Waals surface area contributed by atoms with Crippen LogP contribution in [0.4, 0.5) is 5.69 Å². The number of hydrogen-bond acceptors (Lipinski definition) is 3. The molecule has 2 aromatic rings. The Labute approximate surface area is 162 Å². The third-order valence-corrected chi connectivity index (χ3v) is 4.33. The predicted molar refractivity (Wildman–Crippen MR) is 104 cm³/mol. The Balaban J connectivity index is 1.94. The molecule has 2 rings (SSSR count). The Bertz CT molecular complexity index is 779. The highest BCUT2D eigenvalue weighted by Crippen LogP contribution is 2.29. The molecule has 0 fully saturated rings. The van der Waals surface area contributed by atoms with Gasteiger partial charge in [0.25, 0.3) is 0 Å². The van der Waals surface area contributed by atoms with Gasteiger partial charge in [-0.3, -0.25) is 9.59 Å². The molecule has 138 valence electrons. The highest BCUT2D eigenvalue weighted by Gasteiger charge is 2.17. The molecule has 26 heavy (non-hydrogen) atoms. The monoisotopic (exact) mass is 394 g/mol. The van der Waals surface area contributed by atoms with Crippen molar-refractivity contribution in [2.45, 2.75) is 13.3 Å². The summed E-state index contributed by atoms with van der Waals surface area (Å²) in [6.07, 6.45) is 0.678. The van der Waals surface area contributed by atoms with Gasteiger partial charge in [-0.15, -0.1) is 0 Å². The zero-order chi connectivity index (χ0) is 19.1. The lowest BCUT2D eigenvalue weighted by Gasteiger charge is -2.21. The summed E-state index contributed by atoms with van der Waals surface area (Å²) in [5.74, 6) is 0.00604. The van der Waals surface area contributed by atoms with Gasteiger partial charge in [-0.05, 0) is 42.3 Å². The summed E-state index contributed by atoms with van der Waals surface area (Å²) in [6, 6.07) is 12.4. The van der Waals surface area contributed by atoms with Crippen molar-refractivity contribution in [2.75, 3.05) is 25.1 Å². The van der Waals surface area contributed by atoms with Gasteiger partial charge in [0, 0.05) is 24.2 Å². The van der Waals surface area contributed by atoms with Crippen LogP contribution in [0.25, 0.3) is 0 Å². The molecule has 7 heteroatoms. The number of rotatable bonds is 7. The molecule has 0 saturated carbocycles. The van der Waals surface area contributed by atoms with Crippen LogP contribution in [-0.2, 0) is 16.0 Å². The molecule has 1 N–H and O–H groups in total. The molecule has 2 aromatic carbocycles. The summed E-state index contributed by atoms with van der Waals surface area (Å²) in [5, 5.41) is 3.86. The molecule has 5 nitrogen and oxygen atoms in total. The Morgan fingerprint density at radius 2 is 1.81 bits per heavy atom. The van der Waals surface area contributed by atoms with E-state index in [4.69, 9.17) is 27.9 Å². The number of anilines is 1. The zero-order valence-corrected chi connectivity index (χ0v) is 16.1. The van der Waals surface area contributed by atoms with Crippen molar-refractivity contribution >= 4 is 40.7 Å². The van der Waals surface area contributed by atoms with E-state index >= 15 is 0 Å². The highest BCUT2D eigenvalue weighted by molar-refractivity contribution is 6.32. The van der Waals surface area contributed by atoms with Crippen molar-refractivity contribution in [2.24, 2.45) is 0 Å². The summed E-state index contributed by atoms with van der Waals surface area (Å²) < 4.78 is 5.10. The molecule has 0 saturated heterocycles. The van der Waals surface area contributed by atoms with Crippen molar-refractivity contribution in [3.8, 4) is 5.75 Å². The fourth-order valence-corrected chi connectivity index (χ4v) is 2.78. The second-order valence-corrected chi connectivity index (χ2v) is 6.49. The van der Waals surface area contributed by atoms with Crippen molar-refractivity contribution in [1.82, 2.24) is 5.32 Å². The minimum absolute atomic E-state index is 0.0847. The predicted octanol–water partition coefficient (Wildman–Crippen LogP) is 3.71. The number of ether oxygens (including phenoxy) is 1. The number of benzene rings is 2. The van der Waals surface area contributed by atoms with Crippen molar-refractivity contribution < 1.29 is 14.3 Å². The molecule has 0 spiro atoms. The van der Waals surface area contributed by atoms with Crippen molar-refractivity contribution in [3.05, 3.63) is 58.1 Å². The molecular weight excluding hydrogens is 375 g/mol. The summed E-state index contributed by atoms with van der Waals surface area (Å²) in [7, 11) is 1.51. The molecule has 0 unspecified atom stereocenters. The Morgan fingerprint density at radius 1 is 1.12 bits per heavy atom. The number of nitrogens with one attached hydrogen (secondary N) is 1. The van der Waals surface area contributed by atoms with Gasteiger partial charge in [0.1, 0.15) is 12.3 Å². The average molecular weight is 395 g/mol. The topological polar surface area (TPSA) is 58.6 Å². The molecule has 0 aromatic heterocycles.